The van der Waals surface area contributed by atoms with Crippen LogP contribution in [0, 0.1) is 22.7 Å². The van der Waals surface area contributed by atoms with Crippen LogP contribution in [0.25, 0.3) is 98.9 Å². The molecule has 0 radical (unpaired) electrons. The molecule has 0 saturated heterocycles. The summed E-state index contributed by atoms with van der Waals surface area (Å²) in [4.78, 5) is 0. The molecule has 6 heteroatoms. The van der Waals surface area contributed by atoms with Gasteiger partial charge in [0.1, 0.15) is 34.5 Å². The first-order chi connectivity index (χ1) is 24.7. The van der Waals surface area contributed by atoms with E-state index in [1.165, 1.54) is 0 Å². The molecule has 50 heavy (non-hydrogen) atoms. The van der Waals surface area contributed by atoms with E-state index < -0.39 is 0 Å². The molecule has 0 N–H and O–H groups in total. The van der Waals surface area contributed by atoms with Crippen LogP contribution in [0.1, 0.15) is 11.1 Å². The van der Waals surface area contributed by atoms with Crippen molar-refractivity contribution in [2.75, 3.05) is 0 Å². The number of aromatic nitrogens is 2. The summed E-state index contributed by atoms with van der Waals surface area (Å²) in [5.41, 5.74) is 9.31. The summed E-state index contributed by atoms with van der Waals surface area (Å²) in [7, 11) is 0. The minimum absolute atomic E-state index is 0.411. The van der Waals surface area contributed by atoms with E-state index in [1.54, 1.807) is 6.07 Å². The van der Waals surface area contributed by atoms with Crippen molar-refractivity contribution in [2.24, 2.45) is 0 Å². The molecule has 0 unspecified atom stereocenters. The lowest BCUT2D eigenvalue weighted by Gasteiger charge is -2.16. The van der Waals surface area contributed by atoms with Gasteiger partial charge in [-0.3, -0.25) is 0 Å². The summed E-state index contributed by atoms with van der Waals surface area (Å²) < 4.78 is 16.9. The predicted molar refractivity (Wildman–Crippen MR) is 199 cm³/mol. The largest absolute Gasteiger partial charge is 0.456 e. The van der Waals surface area contributed by atoms with E-state index in [1.807, 2.05) is 66.7 Å². The van der Waals surface area contributed by atoms with Gasteiger partial charge >= 0.3 is 0 Å². The van der Waals surface area contributed by atoms with Crippen LogP contribution >= 0.6 is 0 Å². The first kappa shape index (κ1) is 26.8. The number of para-hydroxylation sites is 4. The molecule has 4 heterocycles. The molecule has 11 aromatic rings. The average Bonchev–Trinajstić information content (AvgIpc) is 3.90. The van der Waals surface area contributed by atoms with Crippen LogP contribution in [0.4, 0.5) is 0 Å². The van der Waals surface area contributed by atoms with Crippen LogP contribution in [0.3, 0.4) is 0 Å². The molecule has 6 nitrogen and oxygen atoms in total. The minimum Gasteiger partial charge on any atom is -0.456 e. The molecular formula is C44H22N4O2. The van der Waals surface area contributed by atoms with Gasteiger partial charge in [-0.1, -0.05) is 72.8 Å². The monoisotopic (exact) mass is 638 g/mol. The third-order valence-electron chi connectivity index (χ3n) is 10.2. The van der Waals surface area contributed by atoms with Crippen LogP contribution in [-0.2, 0) is 0 Å². The lowest BCUT2D eigenvalue weighted by molar-refractivity contribution is 0.669. The Labute approximate surface area is 283 Å². The molecular weight excluding hydrogens is 617 g/mol. The highest BCUT2D eigenvalue weighted by Gasteiger charge is 2.23. The zero-order chi connectivity index (χ0) is 33.1. The van der Waals surface area contributed by atoms with Crippen LogP contribution in [0.2, 0.25) is 0 Å². The third-order valence-corrected chi connectivity index (χ3v) is 10.2. The Morgan fingerprint density at radius 2 is 0.780 bits per heavy atom. The van der Waals surface area contributed by atoms with Crippen molar-refractivity contribution in [3.05, 3.63) is 145 Å². The predicted octanol–water partition coefficient (Wildman–Crippen LogP) is 11.4. The molecule has 0 bridgehead atoms. The number of furan rings is 2. The highest BCUT2D eigenvalue weighted by Crippen LogP contribution is 2.42. The number of hydrogen-bond acceptors (Lipinski definition) is 4. The van der Waals surface area contributed by atoms with E-state index in [2.05, 4.69) is 81.9 Å². The number of hydrogen-bond donors (Lipinski definition) is 0. The second kappa shape index (κ2) is 9.64. The van der Waals surface area contributed by atoms with Crippen molar-refractivity contribution in [2.45, 2.75) is 0 Å². The van der Waals surface area contributed by atoms with Crippen molar-refractivity contribution in [1.29, 1.82) is 10.5 Å². The Morgan fingerprint density at radius 3 is 1.24 bits per heavy atom. The van der Waals surface area contributed by atoms with Crippen LogP contribution in [0.5, 0.6) is 0 Å². The molecule has 230 valence electrons. The topological polar surface area (TPSA) is 83.7 Å². The first-order valence-electron chi connectivity index (χ1n) is 16.4. The molecule has 0 saturated carbocycles. The second-order valence-corrected chi connectivity index (χ2v) is 12.7. The molecule has 0 aliphatic heterocycles. The first-order valence-corrected chi connectivity index (χ1v) is 16.4. The van der Waals surface area contributed by atoms with E-state index in [9.17, 15) is 10.5 Å². The molecule has 0 spiro atoms. The van der Waals surface area contributed by atoms with Gasteiger partial charge in [0, 0.05) is 43.1 Å². The number of nitriles is 2. The maximum atomic E-state index is 10.6. The second-order valence-electron chi connectivity index (χ2n) is 12.7. The Morgan fingerprint density at radius 1 is 0.360 bits per heavy atom. The van der Waals surface area contributed by atoms with Crippen molar-refractivity contribution >= 4 is 87.5 Å². The fraction of sp³-hybridized carbons (Fsp3) is 0. The van der Waals surface area contributed by atoms with Gasteiger partial charge in [0.25, 0.3) is 0 Å². The van der Waals surface area contributed by atoms with Gasteiger partial charge in [0.15, 0.2) is 0 Å². The fourth-order valence-corrected chi connectivity index (χ4v) is 8.02. The Hall–Kier alpha value is -7.28. The summed E-state index contributed by atoms with van der Waals surface area (Å²) >= 11 is 0. The van der Waals surface area contributed by atoms with E-state index in [4.69, 9.17) is 8.83 Å². The number of benzene rings is 7. The molecule has 0 aliphatic carbocycles. The molecule has 0 aliphatic rings. The summed E-state index contributed by atoms with van der Waals surface area (Å²) in [6, 6.07) is 49.7. The van der Waals surface area contributed by atoms with Gasteiger partial charge in [0.2, 0.25) is 0 Å². The zero-order valence-corrected chi connectivity index (χ0v) is 26.3. The van der Waals surface area contributed by atoms with Gasteiger partial charge in [0.05, 0.1) is 44.6 Å². The number of fused-ring (bicyclic) bond motifs is 12. The van der Waals surface area contributed by atoms with Gasteiger partial charge in [-0.25, -0.2) is 0 Å². The number of rotatable bonds is 2. The van der Waals surface area contributed by atoms with Gasteiger partial charge in [-0.05, 0) is 60.7 Å². The van der Waals surface area contributed by atoms with E-state index >= 15 is 0 Å². The maximum absolute atomic E-state index is 10.6. The molecule has 7 aromatic carbocycles. The van der Waals surface area contributed by atoms with E-state index in [0.29, 0.717) is 22.5 Å². The lowest BCUT2D eigenvalue weighted by atomic mass is 10.1. The lowest BCUT2D eigenvalue weighted by Crippen LogP contribution is -2.04. The summed E-state index contributed by atoms with van der Waals surface area (Å²) in [5, 5.41) is 29.4. The van der Waals surface area contributed by atoms with Gasteiger partial charge in [-0.2, -0.15) is 10.5 Å². The molecule has 11 rings (SSSR count). The summed E-state index contributed by atoms with van der Waals surface area (Å²) in [6.07, 6.45) is 0. The highest BCUT2D eigenvalue weighted by atomic mass is 16.3. The Bertz CT molecular complexity index is 3130. The van der Waals surface area contributed by atoms with Crippen molar-refractivity contribution in [1.82, 2.24) is 9.13 Å². The highest BCUT2D eigenvalue weighted by molar-refractivity contribution is 6.18. The summed E-state index contributed by atoms with van der Waals surface area (Å²) in [6.45, 7) is 0. The maximum Gasteiger partial charge on any atom is 0.136 e. The van der Waals surface area contributed by atoms with E-state index in [-0.39, 0.29) is 0 Å². The van der Waals surface area contributed by atoms with Crippen LogP contribution in [0.15, 0.2) is 142 Å². The van der Waals surface area contributed by atoms with E-state index in [0.717, 1.165) is 87.5 Å². The Balaban J connectivity index is 1.28. The summed E-state index contributed by atoms with van der Waals surface area (Å²) in [5.74, 6) is 0. The molecule has 0 amide bonds. The number of nitrogens with zero attached hydrogens (tertiary/aromatic N) is 4. The van der Waals surface area contributed by atoms with Gasteiger partial charge in [-0.15, -0.1) is 0 Å². The fourth-order valence-electron chi connectivity index (χ4n) is 8.02. The minimum atomic E-state index is 0.411. The molecule has 4 aromatic heterocycles. The smallest absolute Gasteiger partial charge is 0.136 e. The molecule has 0 atom stereocenters. The average molecular weight is 639 g/mol. The van der Waals surface area contributed by atoms with Crippen LogP contribution < -0.4 is 0 Å². The standard InChI is InChI=1S/C44H22N4O2/c45-23-25-17-26(24-46)38(48-36-14-6-2-10-28(36)32-21-44-34(19-40(32)48)30-12-4-8-16-42(30)50-44)22-37(25)47-35-13-5-1-9-27(35)31-20-43-33(18-39(31)47)29-11-3-7-15-41(29)49-43/h1-22H. The third kappa shape index (κ3) is 3.44. The van der Waals surface area contributed by atoms with Crippen LogP contribution in [-0.4, -0.2) is 9.13 Å². The Kier molecular flexibility index (Phi) is 5.16. The SMILES string of the molecule is N#Cc1cc(C#N)c(-n2c3ccccc3c3cc4oc5ccccc5c4cc32)cc1-n1c2ccccc2c2cc3oc4ccccc4c3cc21. The quantitative estimate of drug-likeness (QED) is 0.189. The normalized spacial score (nSPS) is 12.0. The van der Waals surface area contributed by atoms with Crippen molar-refractivity contribution in [3.8, 4) is 23.5 Å². The molecule has 0 fully saturated rings. The zero-order valence-electron chi connectivity index (χ0n) is 26.3. The van der Waals surface area contributed by atoms with Gasteiger partial charge < -0.3 is 18.0 Å². The van der Waals surface area contributed by atoms with Crippen molar-refractivity contribution in [3.63, 3.8) is 0 Å². The van der Waals surface area contributed by atoms with Crippen molar-refractivity contribution < 1.29 is 8.83 Å².